The molecule has 0 bridgehead atoms. The van der Waals surface area contributed by atoms with Crippen molar-refractivity contribution in [3.05, 3.63) is 65.5 Å². The van der Waals surface area contributed by atoms with Crippen molar-refractivity contribution >= 4 is 15.9 Å². The van der Waals surface area contributed by atoms with Crippen molar-refractivity contribution in [2.45, 2.75) is 37.2 Å². The highest BCUT2D eigenvalue weighted by Gasteiger charge is 2.39. The van der Waals surface area contributed by atoms with E-state index in [0.717, 1.165) is 23.3 Å². The summed E-state index contributed by atoms with van der Waals surface area (Å²) < 4.78 is 39.9. The van der Waals surface area contributed by atoms with E-state index in [1.54, 1.807) is 0 Å². The maximum absolute atomic E-state index is 13.1. The first-order valence-corrected chi connectivity index (χ1v) is 9.93. The van der Waals surface area contributed by atoms with Crippen LogP contribution in [0.1, 0.15) is 24.0 Å². The fourth-order valence-electron chi connectivity index (χ4n) is 3.14. The van der Waals surface area contributed by atoms with Crippen molar-refractivity contribution in [1.29, 1.82) is 0 Å². The second kappa shape index (κ2) is 7.55. The van der Waals surface area contributed by atoms with Gasteiger partial charge in [0.05, 0.1) is 4.90 Å². The van der Waals surface area contributed by atoms with Crippen molar-refractivity contribution in [3.63, 3.8) is 0 Å². The Hall–Kier alpha value is -2.25. The Morgan fingerprint density at radius 2 is 1.88 bits per heavy atom. The number of aryl methyl sites for hydroxylation is 1. The van der Waals surface area contributed by atoms with E-state index < -0.39 is 21.9 Å². The van der Waals surface area contributed by atoms with Crippen LogP contribution in [0.2, 0.25) is 0 Å². The maximum Gasteiger partial charge on any atom is 0.243 e. The van der Waals surface area contributed by atoms with Gasteiger partial charge in [-0.2, -0.15) is 4.31 Å². The SMILES string of the molecule is Cc1ccccc1CNC(=O)[C@H]1CCCN1S(=O)(=O)c1ccc(F)cc1. The van der Waals surface area contributed by atoms with Crippen LogP contribution in [0.25, 0.3) is 0 Å². The molecule has 2 aromatic rings. The molecule has 7 heteroatoms. The number of rotatable bonds is 5. The number of amides is 1. The summed E-state index contributed by atoms with van der Waals surface area (Å²) in [6, 6.07) is 11.6. The second-order valence-electron chi connectivity index (χ2n) is 6.37. The van der Waals surface area contributed by atoms with Crippen molar-refractivity contribution < 1.29 is 17.6 Å². The molecule has 0 spiro atoms. The lowest BCUT2D eigenvalue weighted by Crippen LogP contribution is -2.45. The quantitative estimate of drug-likeness (QED) is 0.872. The highest BCUT2D eigenvalue weighted by molar-refractivity contribution is 7.89. The number of halogens is 1. The molecule has 1 atom stereocenters. The lowest BCUT2D eigenvalue weighted by Gasteiger charge is -2.23. The molecule has 0 aliphatic carbocycles. The molecular formula is C19H21FN2O3S. The molecule has 1 saturated heterocycles. The fourth-order valence-corrected chi connectivity index (χ4v) is 4.80. The number of hydrogen-bond acceptors (Lipinski definition) is 3. The highest BCUT2D eigenvalue weighted by Crippen LogP contribution is 2.26. The smallest absolute Gasteiger partial charge is 0.243 e. The largest absolute Gasteiger partial charge is 0.351 e. The van der Waals surface area contributed by atoms with Crippen molar-refractivity contribution in [1.82, 2.24) is 9.62 Å². The number of hydrogen-bond donors (Lipinski definition) is 1. The van der Waals surface area contributed by atoms with Gasteiger partial charge in [0.2, 0.25) is 15.9 Å². The summed E-state index contributed by atoms with van der Waals surface area (Å²) in [6.45, 7) is 2.59. The molecule has 1 amide bonds. The van der Waals surface area contributed by atoms with Crippen LogP contribution in [-0.4, -0.2) is 31.2 Å². The minimum absolute atomic E-state index is 0.00231. The van der Waals surface area contributed by atoms with Crippen LogP contribution in [0.3, 0.4) is 0 Å². The van der Waals surface area contributed by atoms with Gasteiger partial charge in [0.15, 0.2) is 0 Å². The first kappa shape index (κ1) is 18.5. The van der Waals surface area contributed by atoms with E-state index in [4.69, 9.17) is 0 Å². The van der Waals surface area contributed by atoms with Gasteiger partial charge in [-0.1, -0.05) is 24.3 Å². The summed E-state index contributed by atoms with van der Waals surface area (Å²) in [7, 11) is -3.83. The van der Waals surface area contributed by atoms with Gasteiger partial charge in [-0.3, -0.25) is 4.79 Å². The monoisotopic (exact) mass is 376 g/mol. The molecule has 0 radical (unpaired) electrons. The number of nitrogens with zero attached hydrogens (tertiary/aromatic N) is 1. The van der Waals surface area contributed by atoms with Crippen LogP contribution in [0, 0.1) is 12.7 Å². The normalized spacial score (nSPS) is 18.0. The molecule has 1 aliphatic rings. The summed E-state index contributed by atoms with van der Waals surface area (Å²) in [4.78, 5) is 12.6. The summed E-state index contributed by atoms with van der Waals surface area (Å²) >= 11 is 0. The maximum atomic E-state index is 13.1. The van der Waals surface area contributed by atoms with Gasteiger partial charge in [0.1, 0.15) is 11.9 Å². The highest BCUT2D eigenvalue weighted by atomic mass is 32.2. The Kier molecular flexibility index (Phi) is 5.38. The zero-order chi connectivity index (χ0) is 18.7. The van der Waals surface area contributed by atoms with Crippen LogP contribution in [0.15, 0.2) is 53.4 Å². The molecule has 1 N–H and O–H groups in total. The van der Waals surface area contributed by atoms with E-state index >= 15 is 0 Å². The van der Waals surface area contributed by atoms with E-state index in [2.05, 4.69) is 5.32 Å². The molecule has 26 heavy (non-hydrogen) atoms. The average Bonchev–Trinajstić information content (AvgIpc) is 3.12. The standard InChI is InChI=1S/C19H21FN2O3S/c1-14-5-2-3-6-15(14)13-21-19(23)18-7-4-12-22(18)26(24,25)17-10-8-16(20)9-11-17/h2-3,5-6,8-11,18H,4,7,12-13H2,1H3,(H,21,23)/t18-/m1/s1. The predicted octanol–water partition coefficient (Wildman–Crippen LogP) is 2.60. The minimum Gasteiger partial charge on any atom is -0.351 e. The molecule has 2 aromatic carbocycles. The molecule has 138 valence electrons. The van der Waals surface area contributed by atoms with Crippen molar-refractivity contribution in [2.75, 3.05) is 6.54 Å². The number of sulfonamides is 1. The van der Waals surface area contributed by atoms with E-state index in [0.29, 0.717) is 19.4 Å². The van der Waals surface area contributed by atoms with Crippen LogP contribution in [0.4, 0.5) is 4.39 Å². The van der Waals surface area contributed by atoms with Gasteiger partial charge >= 0.3 is 0 Å². The van der Waals surface area contributed by atoms with Crippen LogP contribution in [-0.2, 0) is 21.4 Å². The molecule has 1 fully saturated rings. The number of carbonyl (C=O) groups is 1. The second-order valence-corrected chi connectivity index (χ2v) is 8.26. The van der Waals surface area contributed by atoms with E-state index in [9.17, 15) is 17.6 Å². The lowest BCUT2D eigenvalue weighted by atomic mass is 10.1. The third-order valence-corrected chi connectivity index (χ3v) is 6.56. The molecule has 5 nitrogen and oxygen atoms in total. The molecular weight excluding hydrogens is 355 g/mol. The van der Waals surface area contributed by atoms with Crippen molar-refractivity contribution in [3.8, 4) is 0 Å². The average molecular weight is 376 g/mol. The number of nitrogens with one attached hydrogen (secondary N) is 1. The molecule has 1 aliphatic heterocycles. The Morgan fingerprint density at radius 3 is 2.58 bits per heavy atom. The predicted molar refractivity (Wildman–Crippen MR) is 96.3 cm³/mol. The number of carbonyl (C=O) groups excluding carboxylic acids is 1. The molecule has 0 unspecified atom stereocenters. The molecule has 1 heterocycles. The lowest BCUT2D eigenvalue weighted by molar-refractivity contribution is -0.124. The Labute approximate surface area is 152 Å². The molecule has 3 rings (SSSR count). The number of benzene rings is 2. The van der Waals surface area contributed by atoms with E-state index in [1.807, 2.05) is 31.2 Å². The summed E-state index contributed by atoms with van der Waals surface area (Å²) in [5.74, 6) is -0.811. The van der Waals surface area contributed by atoms with Gasteiger partial charge in [-0.15, -0.1) is 0 Å². The Bertz CT molecular complexity index is 897. The molecule has 0 aromatic heterocycles. The first-order chi connectivity index (χ1) is 12.4. The van der Waals surface area contributed by atoms with Gasteiger partial charge in [0, 0.05) is 13.1 Å². The summed E-state index contributed by atoms with van der Waals surface area (Å²) in [5, 5.41) is 2.84. The van der Waals surface area contributed by atoms with Gasteiger partial charge in [0.25, 0.3) is 0 Å². The Balaban J connectivity index is 1.74. The summed E-state index contributed by atoms with van der Waals surface area (Å²) in [5.41, 5.74) is 2.06. The first-order valence-electron chi connectivity index (χ1n) is 8.49. The van der Waals surface area contributed by atoms with Crippen LogP contribution < -0.4 is 5.32 Å². The van der Waals surface area contributed by atoms with Crippen LogP contribution in [0.5, 0.6) is 0 Å². The van der Waals surface area contributed by atoms with Gasteiger partial charge in [-0.25, -0.2) is 12.8 Å². The third kappa shape index (κ3) is 3.78. The third-order valence-electron chi connectivity index (χ3n) is 4.64. The Morgan fingerprint density at radius 1 is 1.19 bits per heavy atom. The van der Waals surface area contributed by atoms with Gasteiger partial charge < -0.3 is 5.32 Å². The molecule has 0 saturated carbocycles. The summed E-state index contributed by atoms with van der Waals surface area (Å²) in [6.07, 6.45) is 1.09. The van der Waals surface area contributed by atoms with Gasteiger partial charge in [-0.05, 0) is 55.2 Å². The topological polar surface area (TPSA) is 66.5 Å². The zero-order valence-electron chi connectivity index (χ0n) is 14.5. The fraction of sp³-hybridized carbons (Fsp3) is 0.316. The van der Waals surface area contributed by atoms with Crippen LogP contribution >= 0.6 is 0 Å². The minimum atomic E-state index is -3.83. The van der Waals surface area contributed by atoms with Crippen molar-refractivity contribution in [2.24, 2.45) is 0 Å². The zero-order valence-corrected chi connectivity index (χ0v) is 15.3. The van der Waals surface area contributed by atoms with E-state index in [-0.39, 0.29) is 17.3 Å². The van der Waals surface area contributed by atoms with E-state index in [1.165, 1.54) is 16.4 Å².